The van der Waals surface area contributed by atoms with Gasteiger partial charge in [0.25, 0.3) is 10.0 Å². The molecule has 0 fully saturated rings. The van der Waals surface area contributed by atoms with Crippen molar-refractivity contribution in [1.82, 2.24) is 0 Å². The van der Waals surface area contributed by atoms with Gasteiger partial charge in [0.05, 0.1) is 15.7 Å². The summed E-state index contributed by atoms with van der Waals surface area (Å²) in [7, 11) is -4.24. The van der Waals surface area contributed by atoms with Crippen LogP contribution in [0.3, 0.4) is 0 Å². The Kier molecular flexibility index (Phi) is 4.53. The Morgan fingerprint density at radius 3 is 2.33 bits per heavy atom. The maximum atomic E-state index is 13.9. The van der Waals surface area contributed by atoms with Crippen LogP contribution >= 0.6 is 34.8 Å². The molecule has 0 bridgehead atoms. The van der Waals surface area contributed by atoms with Crippen LogP contribution in [0.15, 0.2) is 35.2 Å². The van der Waals surface area contributed by atoms with Gasteiger partial charge in [0.15, 0.2) is 5.82 Å². The Morgan fingerprint density at radius 2 is 1.71 bits per heavy atom. The van der Waals surface area contributed by atoms with Crippen LogP contribution in [0, 0.1) is 5.82 Å². The quantitative estimate of drug-likeness (QED) is 0.798. The number of benzene rings is 2. The van der Waals surface area contributed by atoms with Crippen LogP contribution in [0.5, 0.6) is 0 Å². The number of halogens is 4. The van der Waals surface area contributed by atoms with Crippen molar-refractivity contribution in [2.24, 2.45) is 0 Å². The molecular formula is C12H8Cl3FN2O2S. The third-order valence-corrected chi connectivity index (χ3v) is 4.67. The van der Waals surface area contributed by atoms with Crippen molar-refractivity contribution in [1.29, 1.82) is 0 Å². The zero-order chi connectivity index (χ0) is 15.8. The van der Waals surface area contributed by atoms with Gasteiger partial charge in [-0.15, -0.1) is 0 Å². The molecule has 21 heavy (non-hydrogen) atoms. The Labute approximate surface area is 135 Å². The lowest BCUT2D eigenvalue weighted by molar-refractivity contribution is 0.571. The molecule has 0 heterocycles. The topological polar surface area (TPSA) is 72.2 Å². The Bertz CT molecular complexity index is 812. The van der Waals surface area contributed by atoms with E-state index in [-0.39, 0.29) is 16.4 Å². The number of rotatable bonds is 3. The van der Waals surface area contributed by atoms with Crippen LogP contribution in [-0.2, 0) is 10.0 Å². The van der Waals surface area contributed by atoms with Gasteiger partial charge in [-0.1, -0.05) is 34.8 Å². The van der Waals surface area contributed by atoms with Crippen molar-refractivity contribution in [2.75, 3.05) is 10.5 Å². The standard InChI is InChI=1S/C12H8Cl3FN2O2S/c13-6-1-2-10(8(14)3-6)18-21(19,20)11-5-7(17)4-9(15)12(11)16/h1-5,18H,17H2. The first-order valence-electron chi connectivity index (χ1n) is 5.43. The van der Waals surface area contributed by atoms with E-state index in [1.54, 1.807) is 0 Å². The Morgan fingerprint density at radius 1 is 1.05 bits per heavy atom. The molecule has 0 aliphatic rings. The van der Waals surface area contributed by atoms with E-state index in [0.29, 0.717) is 5.02 Å². The fourth-order valence-corrected chi connectivity index (χ4v) is 3.56. The molecule has 0 aliphatic carbocycles. The van der Waals surface area contributed by atoms with E-state index >= 15 is 0 Å². The second-order valence-corrected chi connectivity index (χ2v) is 6.95. The smallest absolute Gasteiger partial charge is 0.264 e. The van der Waals surface area contributed by atoms with E-state index in [1.165, 1.54) is 18.2 Å². The summed E-state index contributed by atoms with van der Waals surface area (Å²) in [6.45, 7) is 0. The molecule has 2 aromatic carbocycles. The van der Waals surface area contributed by atoms with E-state index in [0.717, 1.165) is 12.1 Å². The number of nitrogens with one attached hydrogen (secondary N) is 1. The van der Waals surface area contributed by atoms with Crippen LogP contribution in [0.2, 0.25) is 15.1 Å². The predicted molar refractivity (Wildman–Crippen MR) is 83.1 cm³/mol. The monoisotopic (exact) mass is 368 g/mol. The summed E-state index contributed by atoms with van der Waals surface area (Å²) in [6.07, 6.45) is 0. The van der Waals surface area contributed by atoms with Crippen LogP contribution < -0.4 is 10.5 Å². The van der Waals surface area contributed by atoms with Crippen LogP contribution in [0.1, 0.15) is 0 Å². The molecule has 0 radical (unpaired) electrons. The van der Waals surface area contributed by atoms with Crippen LogP contribution in [-0.4, -0.2) is 8.42 Å². The van der Waals surface area contributed by atoms with E-state index in [1.807, 2.05) is 0 Å². The van der Waals surface area contributed by atoms with E-state index in [9.17, 15) is 12.8 Å². The summed E-state index contributed by atoms with van der Waals surface area (Å²) < 4.78 is 40.5. The summed E-state index contributed by atoms with van der Waals surface area (Å²) in [6, 6.07) is 6.23. The van der Waals surface area contributed by atoms with Gasteiger partial charge in [0.1, 0.15) is 4.90 Å². The Hall–Kier alpha value is -1.21. The van der Waals surface area contributed by atoms with Gasteiger partial charge < -0.3 is 5.73 Å². The third kappa shape index (κ3) is 3.52. The zero-order valence-corrected chi connectivity index (χ0v) is 13.3. The summed E-state index contributed by atoms with van der Waals surface area (Å²) in [5.41, 5.74) is 5.55. The normalized spacial score (nSPS) is 11.4. The molecule has 4 nitrogen and oxygen atoms in total. The number of anilines is 2. The van der Waals surface area contributed by atoms with E-state index in [2.05, 4.69) is 4.72 Å². The lowest BCUT2D eigenvalue weighted by Crippen LogP contribution is -2.15. The summed E-state index contributed by atoms with van der Waals surface area (Å²) in [5, 5.41) is 0.0141. The lowest BCUT2D eigenvalue weighted by atomic mass is 10.3. The number of hydrogen-bond donors (Lipinski definition) is 2. The summed E-state index contributed by atoms with van der Waals surface area (Å²) in [5.74, 6) is -1.09. The molecule has 0 atom stereocenters. The molecule has 0 amide bonds. The first-order valence-corrected chi connectivity index (χ1v) is 8.05. The van der Waals surface area contributed by atoms with Crippen molar-refractivity contribution in [3.63, 3.8) is 0 Å². The fourth-order valence-electron chi connectivity index (χ4n) is 1.55. The predicted octanol–water partition coefficient (Wildman–Crippen LogP) is 4.17. The largest absolute Gasteiger partial charge is 0.399 e. The fraction of sp³-hybridized carbons (Fsp3) is 0. The highest BCUT2D eigenvalue weighted by Crippen LogP contribution is 2.30. The van der Waals surface area contributed by atoms with E-state index < -0.39 is 25.8 Å². The second kappa shape index (κ2) is 5.88. The van der Waals surface area contributed by atoms with Gasteiger partial charge in [-0.25, -0.2) is 12.8 Å². The SMILES string of the molecule is Nc1cc(Cl)c(F)c(S(=O)(=O)Nc2ccc(Cl)cc2Cl)c1. The number of sulfonamides is 1. The van der Waals surface area contributed by atoms with Gasteiger partial charge >= 0.3 is 0 Å². The van der Waals surface area contributed by atoms with E-state index in [4.69, 9.17) is 40.5 Å². The molecule has 112 valence electrons. The third-order valence-electron chi connectivity index (χ3n) is 2.48. The average Bonchev–Trinajstić information content (AvgIpc) is 2.37. The van der Waals surface area contributed by atoms with Crippen molar-refractivity contribution >= 4 is 56.2 Å². The molecule has 0 unspecified atom stereocenters. The highest BCUT2D eigenvalue weighted by atomic mass is 35.5. The van der Waals surface area contributed by atoms with Gasteiger partial charge in [-0.2, -0.15) is 0 Å². The van der Waals surface area contributed by atoms with Crippen molar-refractivity contribution < 1.29 is 12.8 Å². The molecule has 0 aliphatic heterocycles. The van der Waals surface area contributed by atoms with Crippen molar-refractivity contribution in [2.45, 2.75) is 4.90 Å². The molecule has 2 rings (SSSR count). The molecule has 3 N–H and O–H groups in total. The van der Waals surface area contributed by atoms with Gasteiger partial charge in [-0.05, 0) is 30.3 Å². The van der Waals surface area contributed by atoms with Crippen LogP contribution in [0.4, 0.5) is 15.8 Å². The molecule has 0 spiro atoms. The number of hydrogen-bond acceptors (Lipinski definition) is 3. The van der Waals surface area contributed by atoms with Gasteiger partial charge in [-0.3, -0.25) is 4.72 Å². The average molecular weight is 370 g/mol. The minimum absolute atomic E-state index is 0.0176. The van der Waals surface area contributed by atoms with Crippen molar-refractivity contribution in [3.8, 4) is 0 Å². The second-order valence-electron chi connectivity index (χ2n) is 4.04. The zero-order valence-electron chi connectivity index (χ0n) is 10.2. The first-order chi connectivity index (χ1) is 9.70. The molecule has 0 saturated heterocycles. The molecule has 9 heteroatoms. The summed E-state index contributed by atoms with van der Waals surface area (Å²) >= 11 is 17.2. The minimum Gasteiger partial charge on any atom is -0.399 e. The molecule has 2 aromatic rings. The Balaban J connectivity index is 2.48. The first kappa shape index (κ1) is 16.2. The highest BCUT2D eigenvalue weighted by Gasteiger charge is 2.23. The van der Waals surface area contributed by atoms with Crippen LogP contribution in [0.25, 0.3) is 0 Å². The number of nitrogen functional groups attached to an aromatic ring is 1. The number of nitrogens with two attached hydrogens (primary N) is 1. The molecular weight excluding hydrogens is 362 g/mol. The van der Waals surface area contributed by atoms with Gasteiger partial charge in [0.2, 0.25) is 0 Å². The highest BCUT2D eigenvalue weighted by molar-refractivity contribution is 7.92. The minimum atomic E-state index is -4.24. The molecule has 0 saturated carbocycles. The maximum absolute atomic E-state index is 13.9. The van der Waals surface area contributed by atoms with Gasteiger partial charge in [0, 0.05) is 10.7 Å². The van der Waals surface area contributed by atoms with Crippen molar-refractivity contribution in [3.05, 3.63) is 51.2 Å². The molecule has 0 aromatic heterocycles. The maximum Gasteiger partial charge on any atom is 0.264 e. The lowest BCUT2D eigenvalue weighted by Gasteiger charge is -2.11. The summed E-state index contributed by atoms with van der Waals surface area (Å²) in [4.78, 5) is -0.668.